The summed E-state index contributed by atoms with van der Waals surface area (Å²) in [7, 11) is 0. The SMILES string of the molecule is CSc1nnc(SCc2cccc(N)c2Br)s1. The van der Waals surface area contributed by atoms with Crippen molar-refractivity contribution in [2.75, 3.05) is 12.0 Å². The predicted molar refractivity (Wildman–Crippen MR) is 79.8 cm³/mol. The number of hydrogen-bond donors (Lipinski definition) is 1. The Morgan fingerprint density at radius 3 is 2.82 bits per heavy atom. The van der Waals surface area contributed by atoms with Gasteiger partial charge in [-0.15, -0.1) is 10.2 Å². The molecule has 0 saturated heterocycles. The van der Waals surface area contributed by atoms with Crippen molar-refractivity contribution in [2.24, 2.45) is 0 Å². The third kappa shape index (κ3) is 3.37. The highest BCUT2D eigenvalue weighted by Gasteiger charge is 2.07. The summed E-state index contributed by atoms with van der Waals surface area (Å²) in [6, 6.07) is 5.91. The summed E-state index contributed by atoms with van der Waals surface area (Å²) < 4.78 is 2.96. The molecule has 0 unspecified atom stereocenters. The van der Waals surface area contributed by atoms with Crippen LogP contribution in [0.5, 0.6) is 0 Å². The van der Waals surface area contributed by atoms with Gasteiger partial charge in [0.2, 0.25) is 0 Å². The Balaban J connectivity index is 2.04. The molecule has 0 aliphatic rings. The Hall–Kier alpha value is -0.240. The van der Waals surface area contributed by atoms with E-state index in [-0.39, 0.29) is 0 Å². The molecule has 0 aliphatic heterocycles. The van der Waals surface area contributed by atoms with Crippen LogP contribution in [-0.2, 0) is 5.75 Å². The molecular formula is C10H10BrN3S3. The molecule has 0 saturated carbocycles. The summed E-state index contributed by atoms with van der Waals surface area (Å²) in [6.07, 6.45) is 2.00. The molecular weight excluding hydrogens is 338 g/mol. The normalized spacial score (nSPS) is 10.7. The number of anilines is 1. The lowest BCUT2D eigenvalue weighted by Gasteiger charge is -2.04. The summed E-state index contributed by atoms with van der Waals surface area (Å²) >= 11 is 8.41. The van der Waals surface area contributed by atoms with Gasteiger partial charge >= 0.3 is 0 Å². The number of rotatable bonds is 4. The van der Waals surface area contributed by atoms with Crippen molar-refractivity contribution < 1.29 is 0 Å². The average Bonchev–Trinajstić information content (AvgIpc) is 2.79. The molecule has 1 aromatic carbocycles. The van der Waals surface area contributed by atoms with Gasteiger partial charge in [-0.25, -0.2) is 0 Å². The highest BCUT2D eigenvalue weighted by molar-refractivity contribution is 9.10. The van der Waals surface area contributed by atoms with Crippen LogP contribution in [0.15, 0.2) is 31.4 Å². The van der Waals surface area contributed by atoms with E-state index in [0.29, 0.717) is 0 Å². The third-order valence-electron chi connectivity index (χ3n) is 2.02. The lowest BCUT2D eigenvalue weighted by Crippen LogP contribution is -1.90. The highest BCUT2D eigenvalue weighted by atomic mass is 79.9. The fourth-order valence-electron chi connectivity index (χ4n) is 1.19. The van der Waals surface area contributed by atoms with Gasteiger partial charge in [-0.05, 0) is 33.8 Å². The minimum absolute atomic E-state index is 0.769. The van der Waals surface area contributed by atoms with E-state index in [1.165, 1.54) is 5.56 Å². The van der Waals surface area contributed by atoms with E-state index in [2.05, 4.69) is 32.2 Å². The van der Waals surface area contributed by atoms with Crippen LogP contribution in [-0.4, -0.2) is 16.5 Å². The van der Waals surface area contributed by atoms with E-state index >= 15 is 0 Å². The van der Waals surface area contributed by atoms with Gasteiger partial charge in [-0.1, -0.05) is 47.0 Å². The molecule has 2 rings (SSSR count). The van der Waals surface area contributed by atoms with E-state index in [1.807, 2.05) is 18.4 Å². The van der Waals surface area contributed by atoms with Gasteiger partial charge in [-0.3, -0.25) is 0 Å². The third-order valence-corrected chi connectivity index (χ3v) is 6.07. The van der Waals surface area contributed by atoms with E-state index in [4.69, 9.17) is 5.73 Å². The van der Waals surface area contributed by atoms with Gasteiger partial charge in [-0.2, -0.15) is 0 Å². The van der Waals surface area contributed by atoms with Crippen LogP contribution in [0.2, 0.25) is 0 Å². The molecule has 90 valence electrons. The Bertz CT molecular complexity index is 515. The fourth-order valence-corrected chi connectivity index (χ4v) is 4.21. The number of benzene rings is 1. The van der Waals surface area contributed by atoms with Crippen molar-refractivity contribution in [3.8, 4) is 0 Å². The Kier molecular flexibility index (Phi) is 4.72. The summed E-state index contributed by atoms with van der Waals surface area (Å²) in [5.74, 6) is 0.842. The van der Waals surface area contributed by atoms with Crippen LogP contribution in [0.4, 0.5) is 5.69 Å². The first-order valence-corrected chi connectivity index (χ1v) is 8.56. The molecule has 0 radical (unpaired) electrons. The number of nitrogens with zero attached hydrogens (tertiary/aromatic N) is 2. The van der Waals surface area contributed by atoms with Crippen LogP contribution in [0.3, 0.4) is 0 Å². The molecule has 1 heterocycles. The fraction of sp³-hybridized carbons (Fsp3) is 0.200. The summed E-state index contributed by atoms with van der Waals surface area (Å²) in [5.41, 5.74) is 7.78. The van der Waals surface area contributed by atoms with Crippen LogP contribution >= 0.6 is 50.8 Å². The van der Waals surface area contributed by atoms with Crippen molar-refractivity contribution in [1.29, 1.82) is 0 Å². The molecule has 3 nitrogen and oxygen atoms in total. The van der Waals surface area contributed by atoms with Crippen molar-refractivity contribution in [2.45, 2.75) is 14.4 Å². The number of nitrogen functional groups attached to an aromatic ring is 1. The number of thioether (sulfide) groups is 2. The minimum atomic E-state index is 0.769. The van der Waals surface area contributed by atoms with Gasteiger partial charge in [0.1, 0.15) is 0 Å². The largest absolute Gasteiger partial charge is 0.398 e. The highest BCUT2D eigenvalue weighted by Crippen LogP contribution is 2.33. The maximum Gasteiger partial charge on any atom is 0.175 e. The first-order chi connectivity index (χ1) is 8.20. The number of halogens is 1. The second kappa shape index (κ2) is 6.08. The maximum atomic E-state index is 5.83. The monoisotopic (exact) mass is 347 g/mol. The molecule has 17 heavy (non-hydrogen) atoms. The van der Waals surface area contributed by atoms with Crippen LogP contribution in [0.1, 0.15) is 5.56 Å². The van der Waals surface area contributed by atoms with Crippen LogP contribution in [0, 0.1) is 0 Å². The Labute approximate surface area is 121 Å². The zero-order valence-corrected chi connectivity index (χ0v) is 13.0. The second-order valence-corrected chi connectivity index (χ2v) is 7.19. The number of hydrogen-bond acceptors (Lipinski definition) is 6. The van der Waals surface area contributed by atoms with Gasteiger partial charge in [0, 0.05) is 15.9 Å². The molecule has 2 N–H and O–H groups in total. The van der Waals surface area contributed by atoms with Crippen molar-refractivity contribution in [3.63, 3.8) is 0 Å². The molecule has 1 aromatic heterocycles. The molecule has 0 amide bonds. The lowest BCUT2D eigenvalue weighted by molar-refractivity contribution is 0.955. The molecule has 2 aromatic rings. The molecule has 0 bridgehead atoms. The quantitative estimate of drug-likeness (QED) is 0.671. The Morgan fingerprint density at radius 2 is 2.12 bits per heavy atom. The molecule has 0 spiro atoms. The standard InChI is InChI=1S/C10H10BrN3S3/c1-15-9-13-14-10(17-9)16-5-6-3-2-4-7(12)8(6)11/h2-4H,5,12H2,1H3. The predicted octanol–water partition coefficient (Wildman–Crippen LogP) is 3.90. The molecule has 0 fully saturated rings. The van der Waals surface area contributed by atoms with Crippen LogP contribution < -0.4 is 5.73 Å². The molecule has 0 atom stereocenters. The summed E-state index contributed by atoms with van der Waals surface area (Å²) in [6.45, 7) is 0. The van der Waals surface area contributed by atoms with E-state index in [0.717, 1.165) is 24.6 Å². The van der Waals surface area contributed by atoms with Crippen molar-refractivity contribution >= 4 is 56.5 Å². The topological polar surface area (TPSA) is 51.8 Å². The lowest BCUT2D eigenvalue weighted by atomic mass is 10.2. The van der Waals surface area contributed by atoms with E-state index in [1.54, 1.807) is 34.9 Å². The second-order valence-electron chi connectivity index (χ2n) is 3.15. The average molecular weight is 348 g/mol. The maximum absolute atomic E-state index is 5.83. The summed E-state index contributed by atoms with van der Waals surface area (Å²) in [4.78, 5) is 0. The van der Waals surface area contributed by atoms with E-state index in [9.17, 15) is 0 Å². The molecule has 7 heteroatoms. The Morgan fingerprint density at radius 1 is 1.35 bits per heavy atom. The smallest absolute Gasteiger partial charge is 0.175 e. The molecule has 0 aliphatic carbocycles. The van der Waals surface area contributed by atoms with Gasteiger partial charge in [0.15, 0.2) is 8.68 Å². The van der Waals surface area contributed by atoms with Crippen LogP contribution in [0.25, 0.3) is 0 Å². The minimum Gasteiger partial charge on any atom is -0.398 e. The van der Waals surface area contributed by atoms with Gasteiger partial charge in [0.25, 0.3) is 0 Å². The zero-order chi connectivity index (χ0) is 12.3. The van der Waals surface area contributed by atoms with Crippen molar-refractivity contribution in [3.05, 3.63) is 28.2 Å². The first kappa shape index (κ1) is 13.2. The summed E-state index contributed by atoms with van der Waals surface area (Å²) in [5, 5.41) is 8.18. The first-order valence-electron chi connectivity index (χ1n) is 4.74. The van der Waals surface area contributed by atoms with Crippen molar-refractivity contribution in [1.82, 2.24) is 10.2 Å². The zero-order valence-electron chi connectivity index (χ0n) is 9.01. The van der Waals surface area contributed by atoms with E-state index < -0.39 is 0 Å². The van der Waals surface area contributed by atoms with Gasteiger partial charge < -0.3 is 5.73 Å². The number of nitrogens with two attached hydrogens (primary N) is 1. The van der Waals surface area contributed by atoms with Gasteiger partial charge in [0.05, 0.1) is 0 Å². The number of aromatic nitrogens is 2.